The highest BCUT2D eigenvalue weighted by molar-refractivity contribution is 5.93. The highest BCUT2D eigenvalue weighted by Gasteiger charge is 2.38. The van der Waals surface area contributed by atoms with Crippen LogP contribution in [0.25, 0.3) is 5.65 Å². The molecule has 5 heterocycles. The lowest BCUT2D eigenvalue weighted by molar-refractivity contribution is -0.192. The van der Waals surface area contributed by atoms with E-state index in [0.29, 0.717) is 31.2 Å². The number of amides is 1. The van der Waals surface area contributed by atoms with E-state index >= 15 is 0 Å². The monoisotopic (exact) mass is 487 g/mol. The number of pyridine rings is 2. The summed E-state index contributed by atoms with van der Waals surface area (Å²) >= 11 is 0. The molecule has 0 aliphatic carbocycles. The molecule has 0 saturated carbocycles. The summed E-state index contributed by atoms with van der Waals surface area (Å²) in [6.45, 7) is 1.65. The molecule has 4 aromatic heterocycles. The van der Waals surface area contributed by atoms with Crippen molar-refractivity contribution in [3.8, 4) is 5.88 Å². The van der Waals surface area contributed by atoms with Crippen molar-refractivity contribution in [3.63, 3.8) is 0 Å². The molecule has 0 fully saturated rings. The van der Waals surface area contributed by atoms with Gasteiger partial charge in [-0.3, -0.25) is 9.20 Å². The third kappa shape index (κ3) is 5.60. The number of nitrogens with zero attached hydrogens (tertiary/aromatic N) is 5. The average molecular weight is 487 g/mol. The number of aliphatic carboxylic acids is 1. The quantitative estimate of drug-likeness (QED) is 0.476. The minimum atomic E-state index is -5.08. The van der Waals surface area contributed by atoms with E-state index in [1.807, 2.05) is 70.2 Å². The van der Waals surface area contributed by atoms with E-state index in [1.54, 1.807) is 12.4 Å². The number of hydrogen-bond acceptors (Lipinski definition) is 5. The molecule has 9 nitrogen and oxygen atoms in total. The van der Waals surface area contributed by atoms with Crippen LogP contribution in [0, 0.1) is 0 Å². The van der Waals surface area contributed by atoms with Gasteiger partial charge in [0.05, 0.1) is 25.8 Å². The number of ether oxygens (including phenoxy) is 1. The fraction of sp³-hybridized carbons (Fsp3) is 0.217. The summed E-state index contributed by atoms with van der Waals surface area (Å²) in [5.41, 5.74) is 2.38. The van der Waals surface area contributed by atoms with Crippen LogP contribution in [0.2, 0.25) is 0 Å². The van der Waals surface area contributed by atoms with Crippen LogP contribution in [0.3, 0.4) is 0 Å². The van der Waals surface area contributed by atoms with Gasteiger partial charge in [-0.1, -0.05) is 12.1 Å². The van der Waals surface area contributed by atoms with Gasteiger partial charge in [0.2, 0.25) is 5.88 Å². The maximum atomic E-state index is 13.3. The normalized spacial score (nSPS) is 15.5. The molecule has 1 aliphatic rings. The number of halogens is 3. The highest BCUT2D eigenvalue weighted by atomic mass is 19.4. The predicted octanol–water partition coefficient (Wildman–Crippen LogP) is 3.27. The Balaban J connectivity index is 0.000000364. The van der Waals surface area contributed by atoms with Gasteiger partial charge in [-0.05, 0) is 30.3 Å². The Hall–Kier alpha value is -4.35. The molecule has 12 heteroatoms. The lowest BCUT2D eigenvalue weighted by atomic mass is 10.3. The van der Waals surface area contributed by atoms with Crippen molar-refractivity contribution in [3.05, 3.63) is 84.7 Å². The van der Waals surface area contributed by atoms with Gasteiger partial charge < -0.3 is 19.3 Å². The smallest absolute Gasteiger partial charge is 0.475 e. The van der Waals surface area contributed by atoms with Crippen molar-refractivity contribution in [2.24, 2.45) is 0 Å². The van der Waals surface area contributed by atoms with Crippen molar-refractivity contribution < 1.29 is 32.6 Å². The second-order valence-corrected chi connectivity index (χ2v) is 7.62. The van der Waals surface area contributed by atoms with E-state index in [2.05, 4.69) is 14.5 Å². The van der Waals surface area contributed by atoms with E-state index < -0.39 is 12.1 Å². The van der Waals surface area contributed by atoms with Crippen LogP contribution in [0.1, 0.15) is 16.2 Å². The molecular formula is C23H20F3N5O4. The summed E-state index contributed by atoms with van der Waals surface area (Å²) in [5.74, 6) is -2.26. The van der Waals surface area contributed by atoms with Crippen LogP contribution in [0.4, 0.5) is 13.2 Å². The number of carboxylic acid groups (broad SMARTS) is 1. The van der Waals surface area contributed by atoms with Gasteiger partial charge in [-0.2, -0.15) is 13.2 Å². The van der Waals surface area contributed by atoms with Gasteiger partial charge >= 0.3 is 12.1 Å². The molecule has 0 spiro atoms. The molecule has 182 valence electrons. The minimum absolute atomic E-state index is 0.0667. The van der Waals surface area contributed by atoms with Gasteiger partial charge in [0.25, 0.3) is 5.91 Å². The summed E-state index contributed by atoms with van der Waals surface area (Å²) in [7, 11) is 0. The van der Waals surface area contributed by atoms with E-state index in [9.17, 15) is 18.0 Å². The van der Waals surface area contributed by atoms with Crippen LogP contribution < -0.4 is 4.74 Å². The molecule has 4 aromatic rings. The Kier molecular flexibility index (Phi) is 6.71. The molecule has 1 N–H and O–H groups in total. The molecule has 0 aromatic carbocycles. The van der Waals surface area contributed by atoms with Gasteiger partial charge in [-0.15, -0.1) is 0 Å². The number of alkyl halides is 3. The fourth-order valence-corrected chi connectivity index (χ4v) is 3.62. The number of hydrogen-bond donors (Lipinski definition) is 1. The van der Waals surface area contributed by atoms with Gasteiger partial charge in [0.15, 0.2) is 0 Å². The van der Waals surface area contributed by atoms with E-state index in [0.717, 1.165) is 11.3 Å². The second kappa shape index (κ2) is 9.87. The molecule has 1 aliphatic heterocycles. The molecule has 1 unspecified atom stereocenters. The number of carboxylic acids is 1. The Morgan fingerprint density at radius 2 is 1.77 bits per heavy atom. The van der Waals surface area contributed by atoms with Crippen LogP contribution in [-0.2, 0) is 17.9 Å². The summed E-state index contributed by atoms with van der Waals surface area (Å²) in [4.78, 5) is 32.7. The zero-order valence-electron chi connectivity index (χ0n) is 18.2. The molecule has 0 radical (unpaired) electrons. The van der Waals surface area contributed by atoms with Crippen LogP contribution in [0.5, 0.6) is 5.88 Å². The zero-order chi connectivity index (χ0) is 25.0. The average Bonchev–Trinajstić information content (AvgIpc) is 3.41. The molecule has 0 saturated heterocycles. The predicted molar refractivity (Wildman–Crippen MR) is 117 cm³/mol. The summed E-state index contributed by atoms with van der Waals surface area (Å²) in [5, 5.41) is 7.12. The van der Waals surface area contributed by atoms with Crippen molar-refractivity contribution in [2.45, 2.75) is 25.4 Å². The van der Waals surface area contributed by atoms with Gasteiger partial charge in [0, 0.05) is 30.4 Å². The summed E-state index contributed by atoms with van der Waals surface area (Å²) in [6, 6.07) is 15.3. The first-order valence-corrected chi connectivity index (χ1v) is 10.5. The molecular weight excluding hydrogens is 467 g/mol. The van der Waals surface area contributed by atoms with E-state index in [1.165, 1.54) is 0 Å². The second-order valence-electron chi connectivity index (χ2n) is 7.62. The minimum Gasteiger partial charge on any atom is -0.475 e. The molecule has 1 amide bonds. The van der Waals surface area contributed by atoms with Crippen LogP contribution in [-0.4, -0.2) is 59.6 Å². The lowest BCUT2D eigenvalue weighted by Gasteiger charge is -2.24. The Labute approximate surface area is 197 Å². The third-order valence-electron chi connectivity index (χ3n) is 5.19. The Morgan fingerprint density at radius 1 is 1.00 bits per heavy atom. The topological polar surface area (TPSA) is 102 Å². The molecule has 35 heavy (non-hydrogen) atoms. The largest absolute Gasteiger partial charge is 0.490 e. The number of imidazole rings is 1. The molecule has 0 bridgehead atoms. The number of rotatable bonds is 3. The molecule has 5 rings (SSSR count). The third-order valence-corrected chi connectivity index (χ3v) is 5.19. The Bertz CT molecular complexity index is 1320. The van der Waals surface area contributed by atoms with Gasteiger partial charge in [0.1, 0.15) is 17.4 Å². The number of fused-ring (bicyclic) bond motifs is 2. The molecule has 1 atom stereocenters. The fourth-order valence-electron chi connectivity index (χ4n) is 3.62. The zero-order valence-corrected chi connectivity index (χ0v) is 18.2. The first-order valence-electron chi connectivity index (χ1n) is 10.5. The van der Waals surface area contributed by atoms with Crippen molar-refractivity contribution in [2.75, 3.05) is 6.54 Å². The first-order chi connectivity index (χ1) is 16.7. The van der Waals surface area contributed by atoms with Crippen LogP contribution in [0.15, 0.2) is 73.3 Å². The highest BCUT2D eigenvalue weighted by Crippen LogP contribution is 2.20. The van der Waals surface area contributed by atoms with E-state index in [-0.39, 0.29) is 12.0 Å². The number of aromatic nitrogens is 4. The van der Waals surface area contributed by atoms with Gasteiger partial charge in [-0.25, -0.2) is 14.8 Å². The summed E-state index contributed by atoms with van der Waals surface area (Å²) in [6.07, 6.45) is 1.93. The first kappa shape index (κ1) is 23.8. The number of carbonyl (C=O) groups excluding carboxylic acids is 1. The van der Waals surface area contributed by atoms with E-state index in [4.69, 9.17) is 14.6 Å². The maximum Gasteiger partial charge on any atom is 0.490 e. The lowest BCUT2D eigenvalue weighted by Crippen LogP contribution is -2.39. The Morgan fingerprint density at radius 3 is 2.49 bits per heavy atom. The summed E-state index contributed by atoms with van der Waals surface area (Å²) < 4.78 is 41.8. The van der Waals surface area contributed by atoms with Crippen LogP contribution >= 0.6 is 0 Å². The maximum absolute atomic E-state index is 13.3. The van der Waals surface area contributed by atoms with Crippen molar-refractivity contribution >= 4 is 17.5 Å². The van der Waals surface area contributed by atoms with Crippen molar-refractivity contribution in [1.29, 1.82) is 0 Å². The van der Waals surface area contributed by atoms with Crippen molar-refractivity contribution in [1.82, 2.24) is 23.8 Å². The SMILES string of the molecule is O=C(O)C(F)(F)F.O=C(c1cnc2ccccn12)N1Cc2cccn2CC(Oc2ccccn2)C1. The standard InChI is InChI=1S/C21H19N5O2.C2HF3O2/c27-21(18-12-23-19-7-2-4-11-26(18)19)25-13-16-6-5-10-24(16)14-17(15-25)28-20-8-1-3-9-22-20;3-2(4,5)1(6)7/h1-12,17H,13-15H2;(H,6,7). The number of carbonyl (C=O) groups is 2.